The summed E-state index contributed by atoms with van der Waals surface area (Å²) in [6, 6.07) is 10.1. The Morgan fingerprint density at radius 3 is 2.45 bits per heavy atom. The number of thiophene rings is 1. The number of ketones is 1. The van der Waals surface area contributed by atoms with E-state index in [1.165, 1.54) is 23.3 Å². The molecule has 1 N–H and O–H groups in total. The van der Waals surface area contributed by atoms with Crippen molar-refractivity contribution < 1.29 is 24.2 Å². The van der Waals surface area contributed by atoms with E-state index in [-0.39, 0.29) is 15.6 Å². The number of aryl methyl sites for hydroxylation is 1. The number of amides is 1. The highest BCUT2D eigenvalue weighted by Gasteiger charge is 2.46. The Balaban J connectivity index is 1.86. The minimum absolute atomic E-state index is 0.00721. The number of aliphatic hydroxyl groups is 1. The summed E-state index contributed by atoms with van der Waals surface area (Å²) in [5, 5.41) is 12.8. The molecule has 0 saturated heterocycles. The lowest BCUT2D eigenvalue weighted by atomic mass is 9.93. The number of aliphatic hydroxyl groups excluding tert-OH is 1. The van der Waals surface area contributed by atoms with Gasteiger partial charge < -0.3 is 9.84 Å². The highest BCUT2D eigenvalue weighted by Crippen LogP contribution is 2.44. The van der Waals surface area contributed by atoms with E-state index >= 15 is 0 Å². The van der Waals surface area contributed by atoms with Gasteiger partial charge in [-0.3, -0.25) is 14.5 Å². The zero-order valence-corrected chi connectivity index (χ0v) is 20.1. The van der Waals surface area contributed by atoms with Gasteiger partial charge in [0.25, 0.3) is 5.91 Å². The average Bonchev–Trinajstić information content (AvgIpc) is 3.52. The van der Waals surface area contributed by atoms with Gasteiger partial charge in [0.05, 0.1) is 29.3 Å². The third-order valence-electron chi connectivity index (χ3n) is 5.48. The van der Waals surface area contributed by atoms with Gasteiger partial charge in [-0.2, -0.15) is 0 Å². The molecule has 33 heavy (non-hydrogen) atoms. The van der Waals surface area contributed by atoms with Crippen molar-refractivity contribution in [1.29, 1.82) is 0 Å². The van der Waals surface area contributed by atoms with Crippen LogP contribution >= 0.6 is 22.7 Å². The summed E-state index contributed by atoms with van der Waals surface area (Å²) in [7, 11) is 1.27. The number of methoxy groups -OCH3 is 1. The summed E-state index contributed by atoms with van der Waals surface area (Å²) < 4.78 is 4.81. The summed E-state index contributed by atoms with van der Waals surface area (Å²) in [6.07, 6.45) is 0. The number of rotatable bonds is 6. The van der Waals surface area contributed by atoms with Crippen molar-refractivity contribution in [2.75, 3.05) is 12.0 Å². The fourth-order valence-electron chi connectivity index (χ4n) is 3.72. The van der Waals surface area contributed by atoms with Crippen LogP contribution in [-0.2, 0) is 9.53 Å². The highest BCUT2D eigenvalue weighted by atomic mass is 32.1. The van der Waals surface area contributed by atoms with Crippen molar-refractivity contribution in [3.8, 4) is 0 Å². The van der Waals surface area contributed by atoms with Gasteiger partial charge in [-0.25, -0.2) is 9.78 Å². The monoisotopic (exact) mass is 482 g/mol. The molecule has 1 amide bonds. The van der Waals surface area contributed by atoms with E-state index < -0.39 is 29.5 Å². The quantitative estimate of drug-likeness (QED) is 0.383. The zero-order chi connectivity index (χ0) is 23.9. The maximum Gasteiger partial charge on any atom is 0.350 e. The molecule has 1 atom stereocenters. The van der Waals surface area contributed by atoms with Crippen LogP contribution in [0.3, 0.4) is 0 Å². The molecule has 170 valence electrons. The Morgan fingerprint density at radius 1 is 1.18 bits per heavy atom. The van der Waals surface area contributed by atoms with Crippen LogP contribution < -0.4 is 4.90 Å². The first-order chi connectivity index (χ1) is 15.7. The number of anilines is 1. The average molecular weight is 483 g/mol. The number of esters is 1. The summed E-state index contributed by atoms with van der Waals surface area (Å²) >= 11 is 2.22. The van der Waals surface area contributed by atoms with Crippen LogP contribution in [0.4, 0.5) is 5.13 Å². The molecule has 3 heterocycles. The fourth-order valence-corrected chi connectivity index (χ4v) is 5.41. The Bertz CT molecular complexity index is 1260. The van der Waals surface area contributed by atoms with E-state index in [4.69, 9.17) is 4.74 Å². The number of ether oxygens (including phenoxy) is 1. The third-order valence-corrected chi connectivity index (χ3v) is 7.48. The van der Waals surface area contributed by atoms with Crippen LogP contribution in [0.15, 0.2) is 53.1 Å². The Morgan fingerprint density at radius 2 is 1.88 bits per heavy atom. The summed E-state index contributed by atoms with van der Waals surface area (Å²) in [5.41, 5.74) is 2.16. The van der Waals surface area contributed by atoms with E-state index in [2.05, 4.69) is 18.8 Å². The smallest absolute Gasteiger partial charge is 0.350 e. The van der Waals surface area contributed by atoms with E-state index in [0.29, 0.717) is 22.1 Å². The Hall–Kier alpha value is -3.30. The molecular weight excluding hydrogens is 460 g/mol. The van der Waals surface area contributed by atoms with Gasteiger partial charge in [0.1, 0.15) is 4.88 Å². The Labute approximate surface area is 199 Å². The number of benzene rings is 1. The second-order valence-corrected chi connectivity index (χ2v) is 9.80. The van der Waals surface area contributed by atoms with Crippen molar-refractivity contribution in [1.82, 2.24) is 4.98 Å². The molecule has 0 saturated carbocycles. The van der Waals surface area contributed by atoms with Crippen molar-refractivity contribution in [2.24, 2.45) is 0 Å². The van der Waals surface area contributed by atoms with Gasteiger partial charge in [-0.05, 0) is 35.4 Å². The fraction of sp³-hybridized carbons (Fsp3) is 0.250. The number of carbonyl (C=O) groups excluding carboxylic acids is 3. The molecule has 4 rings (SSSR count). The van der Waals surface area contributed by atoms with Crippen LogP contribution in [0.5, 0.6) is 0 Å². The first-order valence-electron chi connectivity index (χ1n) is 10.2. The predicted molar refractivity (Wildman–Crippen MR) is 127 cm³/mol. The molecule has 0 radical (unpaired) electrons. The van der Waals surface area contributed by atoms with E-state index in [1.54, 1.807) is 24.4 Å². The molecule has 2 aromatic heterocycles. The molecule has 3 aromatic rings. The number of hydrogen-bond acceptors (Lipinski definition) is 8. The molecule has 9 heteroatoms. The number of Topliss-reactive ketones (excluding diaryl/α,β-unsaturated/α-hetero) is 1. The van der Waals surface area contributed by atoms with Gasteiger partial charge in [0, 0.05) is 0 Å². The first-order valence-corrected chi connectivity index (χ1v) is 11.9. The molecule has 0 aliphatic carbocycles. The summed E-state index contributed by atoms with van der Waals surface area (Å²) in [6.45, 7) is 5.79. The minimum Gasteiger partial charge on any atom is -0.503 e. The van der Waals surface area contributed by atoms with E-state index in [9.17, 15) is 19.5 Å². The zero-order valence-electron chi connectivity index (χ0n) is 18.5. The van der Waals surface area contributed by atoms with E-state index in [0.717, 1.165) is 16.9 Å². The van der Waals surface area contributed by atoms with Crippen molar-refractivity contribution >= 4 is 45.5 Å². The lowest BCUT2D eigenvalue weighted by Crippen LogP contribution is -2.31. The number of thiazole rings is 1. The number of aromatic nitrogens is 1. The largest absolute Gasteiger partial charge is 0.503 e. The Kier molecular flexibility index (Phi) is 6.18. The molecule has 1 aliphatic heterocycles. The highest BCUT2D eigenvalue weighted by molar-refractivity contribution is 7.17. The van der Waals surface area contributed by atoms with Crippen molar-refractivity contribution in [3.63, 3.8) is 0 Å². The third kappa shape index (κ3) is 3.98. The van der Waals surface area contributed by atoms with Gasteiger partial charge in [0.15, 0.2) is 10.9 Å². The molecule has 0 bridgehead atoms. The normalized spacial score (nSPS) is 16.1. The standard InChI is InChI=1S/C24H22N2O5S2/c1-12(2)14-7-9-15(10-8-14)18-17(19(27)16-6-5-11-32-16)20(28)22(29)26(18)24-25-13(3)21(33-24)23(30)31-4/h5-12,18,28H,1-4H3/t18-/m1/s1. The van der Waals surface area contributed by atoms with Gasteiger partial charge in [-0.15, -0.1) is 11.3 Å². The number of nitrogens with zero attached hydrogens (tertiary/aromatic N) is 2. The molecule has 7 nitrogen and oxygen atoms in total. The molecule has 1 aliphatic rings. The first kappa shape index (κ1) is 22.9. The lowest BCUT2D eigenvalue weighted by Gasteiger charge is -2.24. The second kappa shape index (κ2) is 8.92. The van der Waals surface area contributed by atoms with Crippen molar-refractivity contribution in [3.05, 3.63) is 79.7 Å². The van der Waals surface area contributed by atoms with Gasteiger partial charge in [-0.1, -0.05) is 55.5 Å². The number of carbonyl (C=O) groups is 3. The minimum atomic E-state index is -0.885. The van der Waals surface area contributed by atoms with Crippen molar-refractivity contribution in [2.45, 2.75) is 32.7 Å². The topological polar surface area (TPSA) is 96.8 Å². The van der Waals surface area contributed by atoms with Crippen LogP contribution in [0.2, 0.25) is 0 Å². The van der Waals surface area contributed by atoms with Gasteiger partial charge in [0.2, 0.25) is 5.78 Å². The molecular formula is C24H22N2O5S2. The van der Waals surface area contributed by atoms with Gasteiger partial charge >= 0.3 is 5.97 Å². The SMILES string of the molecule is COC(=O)c1sc(N2C(=O)C(O)=C(C(=O)c3cccs3)[C@H]2c2ccc(C(C)C)cc2)nc1C. The van der Waals surface area contributed by atoms with E-state index in [1.807, 2.05) is 24.3 Å². The number of hydrogen-bond donors (Lipinski definition) is 1. The molecule has 0 spiro atoms. The van der Waals surface area contributed by atoms with Crippen LogP contribution in [-0.4, -0.2) is 34.9 Å². The lowest BCUT2D eigenvalue weighted by molar-refractivity contribution is -0.117. The van der Waals surface area contributed by atoms with Crippen LogP contribution in [0.25, 0.3) is 0 Å². The molecule has 0 unspecified atom stereocenters. The summed E-state index contributed by atoms with van der Waals surface area (Å²) in [4.78, 5) is 45.1. The maximum absolute atomic E-state index is 13.3. The van der Waals surface area contributed by atoms with Crippen LogP contribution in [0.1, 0.15) is 62.0 Å². The summed E-state index contributed by atoms with van der Waals surface area (Å²) in [5.74, 6) is -2.02. The molecule has 0 fully saturated rings. The second-order valence-electron chi connectivity index (χ2n) is 7.87. The maximum atomic E-state index is 13.3. The molecule has 1 aromatic carbocycles. The van der Waals surface area contributed by atoms with Crippen LogP contribution in [0, 0.1) is 6.92 Å². The predicted octanol–water partition coefficient (Wildman–Crippen LogP) is 5.21.